The second-order valence-corrected chi connectivity index (χ2v) is 8.99. The van der Waals surface area contributed by atoms with E-state index in [-0.39, 0.29) is 30.7 Å². The number of rotatable bonds is 9. The molecule has 1 heterocycles. The van der Waals surface area contributed by atoms with E-state index < -0.39 is 15.8 Å². The molecule has 30 heavy (non-hydrogen) atoms. The van der Waals surface area contributed by atoms with Crippen molar-refractivity contribution in [2.24, 2.45) is 0 Å². The highest BCUT2D eigenvalue weighted by atomic mass is 32.2. The number of anilines is 1. The molecule has 1 aliphatic heterocycles. The van der Waals surface area contributed by atoms with Crippen LogP contribution in [-0.2, 0) is 26.1 Å². The molecule has 2 aromatic rings. The highest BCUT2D eigenvalue weighted by molar-refractivity contribution is 7.92. The molecule has 1 fully saturated rings. The lowest BCUT2D eigenvalue weighted by Gasteiger charge is -2.23. The number of sulfonamides is 1. The van der Waals surface area contributed by atoms with Crippen LogP contribution < -0.4 is 14.4 Å². The predicted octanol–water partition coefficient (Wildman–Crippen LogP) is 2.47. The van der Waals surface area contributed by atoms with Gasteiger partial charge >= 0.3 is 0 Å². The van der Waals surface area contributed by atoms with Crippen LogP contribution in [-0.4, -0.2) is 46.4 Å². The molecule has 1 aliphatic rings. The first-order valence-electron chi connectivity index (χ1n) is 9.65. The zero-order chi connectivity index (χ0) is 21.6. The number of ether oxygens (including phenoxy) is 2. The number of benzene rings is 2. The molecule has 0 spiro atoms. The summed E-state index contributed by atoms with van der Waals surface area (Å²) < 4.78 is 50.5. The van der Waals surface area contributed by atoms with E-state index in [1.807, 2.05) is 0 Å². The largest absolute Gasteiger partial charge is 0.484 e. The fraction of sp³-hybridized carbons (Fsp3) is 0.381. The van der Waals surface area contributed by atoms with Crippen LogP contribution in [0.5, 0.6) is 5.75 Å². The Morgan fingerprint density at radius 1 is 1.23 bits per heavy atom. The Morgan fingerprint density at radius 2 is 1.97 bits per heavy atom. The van der Waals surface area contributed by atoms with Crippen molar-refractivity contribution >= 4 is 21.6 Å². The van der Waals surface area contributed by atoms with E-state index in [9.17, 15) is 17.6 Å². The standard InChI is InChI=1S/C21H25FN2O5S/c1-30(26,27)24(14-16-5-2-3-7-20(16)22)17-8-10-18(11-9-17)29-15-21(25)23-13-19-6-4-12-28-19/h2-3,5,7-11,19H,4,6,12-15H2,1H3,(H,23,25)/t19-/m1/s1. The third kappa shape index (κ3) is 6.17. The molecule has 0 aromatic heterocycles. The van der Waals surface area contributed by atoms with E-state index in [0.717, 1.165) is 30.0 Å². The first-order valence-corrected chi connectivity index (χ1v) is 11.5. The molecule has 0 radical (unpaired) electrons. The van der Waals surface area contributed by atoms with Gasteiger partial charge in [-0.2, -0.15) is 0 Å². The first kappa shape index (κ1) is 22.0. The van der Waals surface area contributed by atoms with Crippen molar-refractivity contribution in [2.75, 3.05) is 30.3 Å². The van der Waals surface area contributed by atoms with Gasteiger partial charge in [0.1, 0.15) is 11.6 Å². The Labute approximate surface area is 175 Å². The summed E-state index contributed by atoms with van der Waals surface area (Å²) >= 11 is 0. The first-order chi connectivity index (χ1) is 14.3. The maximum Gasteiger partial charge on any atom is 0.258 e. The quantitative estimate of drug-likeness (QED) is 0.653. The molecule has 1 atom stereocenters. The van der Waals surface area contributed by atoms with Crippen LogP contribution in [0.2, 0.25) is 0 Å². The Bertz CT molecular complexity index is 960. The summed E-state index contributed by atoms with van der Waals surface area (Å²) in [7, 11) is -3.64. The second kappa shape index (κ2) is 9.90. The Hall–Kier alpha value is -2.65. The third-order valence-electron chi connectivity index (χ3n) is 4.72. The minimum absolute atomic E-state index is 0.0599. The van der Waals surface area contributed by atoms with Gasteiger partial charge in [-0.1, -0.05) is 18.2 Å². The highest BCUT2D eigenvalue weighted by Gasteiger charge is 2.20. The molecule has 162 valence electrons. The zero-order valence-electron chi connectivity index (χ0n) is 16.7. The van der Waals surface area contributed by atoms with Gasteiger partial charge < -0.3 is 14.8 Å². The number of carbonyl (C=O) groups excluding carboxylic acids is 1. The second-order valence-electron chi connectivity index (χ2n) is 7.08. The van der Waals surface area contributed by atoms with Crippen molar-refractivity contribution in [2.45, 2.75) is 25.5 Å². The number of hydrogen-bond donors (Lipinski definition) is 1. The Morgan fingerprint density at radius 3 is 2.60 bits per heavy atom. The van der Waals surface area contributed by atoms with E-state index in [2.05, 4.69) is 5.32 Å². The molecule has 0 saturated carbocycles. The molecule has 1 amide bonds. The Balaban J connectivity index is 1.59. The molecule has 9 heteroatoms. The van der Waals surface area contributed by atoms with Crippen LogP contribution >= 0.6 is 0 Å². The van der Waals surface area contributed by atoms with Crippen molar-refractivity contribution < 1.29 is 27.1 Å². The predicted molar refractivity (Wildman–Crippen MR) is 111 cm³/mol. The van der Waals surface area contributed by atoms with Crippen molar-refractivity contribution in [3.8, 4) is 5.75 Å². The summed E-state index contributed by atoms with van der Waals surface area (Å²) in [6.45, 7) is 0.903. The Kier molecular flexibility index (Phi) is 7.28. The van der Waals surface area contributed by atoms with E-state index in [0.29, 0.717) is 18.0 Å². The molecule has 1 saturated heterocycles. The number of hydrogen-bond acceptors (Lipinski definition) is 5. The highest BCUT2D eigenvalue weighted by Crippen LogP contribution is 2.24. The molecule has 0 aliphatic carbocycles. The van der Waals surface area contributed by atoms with Gasteiger partial charge in [0.2, 0.25) is 10.0 Å². The lowest BCUT2D eigenvalue weighted by Crippen LogP contribution is -2.35. The molecule has 3 rings (SSSR count). The van der Waals surface area contributed by atoms with Crippen LogP contribution in [0.15, 0.2) is 48.5 Å². The summed E-state index contributed by atoms with van der Waals surface area (Å²) in [5, 5.41) is 2.76. The summed E-state index contributed by atoms with van der Waals surface area (Å²) in [5.41, 5.74) is 0.641. The van der Waals surface area contributed by atoms with Crippen LogP contribution in [0.25, 0.3) is 0 Å². The van der Waals surface area contributed by atoms with Crippen LogP contribution in [0.3, 0.4) is 0 Å². The van der Waals surface area contributed by atoms with Crippen molar-refractivity contribution in [1.29, 1.82) is 0 Å². The third-order valence-corrected chi connectivity index (χ3v) is 5.86. The summed E-state index contributed by atoms with van der Waals surface area (Å²) in [4.78, 5) is 11.9. The fourth-order valence-corrected chi connectivity index (χ4v) is 4.00. The van der Waals surface area contributed by atoms with Crippen molar-refractivity contribution in [3.05, 3.63) is 59.9 Å². The van der Waals surface area contributed by atoms with Gasteiger partial charge in [0.25, 0.3) is 5.91 Å². The van der Waals surface area contributed by atoms with Gasteiger partial charge in [-0.25, -0.2) is 12.8 Å². The van der Waals surface area contributed by atoms with E-state index in [1.54, 1.807) is 42.5 Å². The minimum atomic E-state index is -3.64. The van der Waals surface area contributed by atoms with E-state index in [1.165, 1.54) is 6.07 Å². The average molecular weight is 437 g/mol. The van der Waals surface area contributed by atoms with Gasteiger partial charge in [-0.05, 0) is 43.2 Å². The zero-order valence-corrected chi connectivity index (χ0v) is 17.5. The monoisotopic (exact) mass is 436 g/mol. The lowest BCUT2D eigenvalue weighted by molar-refractivity contribution is -0.123. The van der Waals surface area contributed by atoms with E-state index >= 15 is 0 Å². The summed E-state index contributed by atoms with van der Waals surface area (Å²) in [6.07, 6.45) is 3.07. The average Bonchev–Trinajstić information content (AvgIpc) is 3.23. The maximum atomic E-state index is 14.0. The van der Waals surface area contributed by atoms with Gasteiger partial charge in [0.15, 0.2) is 6.61 Å². The van der Waals surface area contributed by atoms with Gasteiger partial charge in [-0.3, -0.25) is 9.10 Å². The normalized spacial score (nSPS) is 16.3. The lowest BCUT2D eigenvalue weighted by atomic mass is 10.2. The molecule has 0 bridgehead atoms. The summed E-state index contributed by atoms with van der Waals surface area (Å²) in [5.74, 6) is -0.308. The number of amides is 1. The number of nitrogens with zero attached hydrogens (tertiary/aromatic N) is 1. The van der Waals surface area contributed by atoms with Crippen molar-refractivity contribution in [1.82, 2.24) is 5.32 Å². The molecule has 2 aromatic carbocycles. The SMILES string of the molecule is CS(=O)(=O)N(Cc1ccccc1F)c1ccc(OCC(=O)NC[C@H]2CCCO2)cc1. The van der Waals surface area contributed by atoms with Gasteiger partial charge in [0.05, 0.1) is 24.6 Å². The number of halogens is 1. The maximum absolute atomic E-state index is 14.0. The number of carbonyl (C=O) groups is 1. The molecule has 0 unspecified atom stereocenters. The van der Waals surface area contributed by atoms with Crippen LogP contribution in [0.1, 0.15) is 18.4 Å². The molecule has 7 nitrogen and oxygen atoms in total. The number of nitrogens with one attached hydrogen (secondary N) is 1. The van der Waals surface area contributed by atoms with Gasteiger partial charge in [-0.15, -0.1) is 0 Å². The molecule has 1 N–H and O–H groups in total. The summed E-state index contributed by atoms with van der Waals surface area (Å²) in [6, 6.07) is 12.3. The smallest absolute Gasteiger partial charge is 0.258 e. The van der Waals surface area contributed by atoms with Crippen LogP contribution in [0, 0.1) is 5.82 Å². The topological polar surface area (TPSA) is 84.9 Å². The fourth-order valence-electron chi connectivity index (χ4n) is 3.12. The molecular formula is C21H25FN2O5S. The van der Waals surface area contributed by atoms with Crippen molar-refractivity contribution in [3.63, 3.8) is 0 Å². The van der Waals surface area contributed by atoms with E-state index in [4.69, 9.17) is 9.47 Å². The minimum Gasteiger partial charge on any atom is -0.484 e. The van der Waals surface area contributed by atoms with Crippen LogP contribution in [0.4, 0.5) is 10.1 Å². The molecular weight excluding hydrogens is 411 g/mol. The van der Waals surface area contributed by atoms with Gasteiger partial charge in [0, 0.05) is 18.7 Å².